The molecule has 0 saturated heterocycles. The predicted octanol–water partition coefficient (Wildman–Crippen LogP) is 1.16. The van der Waals surface area contributed by atoms with Gasteiger partial charge in [0.15, 0.2) is 0 Å². The molecular formula is C11H12ClFN4O3. The summed E-state index contributed by atoms with van der Waals surface area (Å²) in [5.41, 5.74) is 0.0977. The third-order valence-electron chi connectivity index (χ3n) is 2.53. The largest absolute Gasteiger partial charge is 0.480 e. The zero-order chi connectivity index (χ0) is 14.8. The molecular weight excluding hydrogens is 291 g/mol. The van der Waals surface area contributed by atoms with Crippen molar-refractivity contribution in [3.05, 3.63) is 29.8 Å². The highest BCUT2D eigenvalue weighted by Crippen LogP contribution is 2.29. The van der Waals surface area contributed by atoms with Gasteiger partial charge in [0.1, 0.15) is 12.0 Å². The van der Waals surface area contributed by atoms with E-state index < -0.39 is 11.1 Å². The Kier molecular flexibility index (Phi) is 4.05. The monoisotopic (exact) mass is 302 g/mol. The minimum absolute atomic E-state index is 0.130. The van der Waals surface area contributed by atoms with Crippen LogP contribution >= 0.6 is 11.6 Å². The van der Waals surface area contributed by atoms with Gasteiger partial charge in [-0.05, 0) is 11.6 Å². The van der Waals surface area contributed by atoms with Crippen LogP contribution in [0.3, 0.4) is 0 Å². The average molecular weight is 303 g/mol. The number of halogens is 2. The molecule has 20 heavy (non-hydrogen) atoms. The Morgan fingerprint density at radius 3 is 2.65 bits per heavy atom. The quantitative estimate of drug-likeness (QED) is 0.664. The van der Waals surface area contributed by atoms with Crippen LogP contribution in [0.5, 0.6) is 5.88 Å². The van der Waals surface area contributed by atoms with Crippen molar-refractivity contribution >= 4 is 17.3 Å². The van der Waals surface area contributed by atoms with Crippen molar-refractivity contribution in [3.8, 4) is 5.88 Å². The number of hydrogen-bond donors (Lipinski definition) is 1. The number of ether oxygens (including phenoxy) is 3. The molecule has 1 N–H and O–H groups in total. The van der Waals surface area contributed by atoms with E-state index in [1.165, 1.54) is 33.9 Å². The van der Waals surface area contributed by atoms with Crippen LogP contribution in [0.2, 0.25) is 0 Å². The Morgan fingerprint density at radius 2 is 2.05 bits per heavy atom. The van der Waals surface area contributed by atoms with Crippen LogP contribution in [0.25, 0.3) is 0 Å². The maximum atomic E-state index is 14.3. The van der Waals surface area contributed by atoms with Gasteiger partial charge in [0.05, 0.1) is 19.8 Å². The lowest BCUT2D eigenvalue weighted by molar-refractivity contribution is 0.0298. The first-order valence-corrected chi connectivity index (χ1v) is 5.83. The summed E-state index contributed by atoms with van der Waals surface area (Å²) in [7, 11) is 4.00. The number of nitrogens with zero attached hydrogens (tertiary/aromatic N) is 3. The maximum Gasteiger partial charge on any atom is 0.323 e. The Morgan fingerprint density at radius 1 is 1.30 bits per heavy atom. The summed E-state index contributed by atoms with van der Waals surface area (Å²) in [5.74, 6) is -0.812. The smallest absolute Gasteiger partial charge is 0.323 e. The molecule has 0 aliphatic carbocycles. The Hall–Kier alpha value is -1.93. The number of hydrogen-bond acceptors (Lipinski definition) is 7. The molecule has 0 aromatic carbocycles. The van der Waals surface area contributed by atoms with Gasteiger partial charge in [0.2, 0.25) is 17.6 Å². The zero-order valence-electron chi connectivity index (χ0n) is 11.0. The van der Waals surface area contributed by atoms with Crippen LogP contribution in [0.4, 0.5) is 4.39 Å². The van der Waals surface area contributed by atoms with Crippen molar-refractivity contribution < 1.29 is 18.6 Å². The lowest BCUT2D eigenvalue weighted by Crippen LogP contribution is -2.44. The first-order valence-electron chi connectivity index (χ1n) is 5.45. The molecule has 9 heteroatoms. The molecule has 2 rings (SSSR count). The van der Waals surface area contributed by atoms with Crippen molar-refractivity contribution in [1.29, 1.82) is 0 Å². The minimum atomic E-state index is -1.68. The van der Waals surface area contributed by atoms with Crippen LogP contribution in [0, 0.1) is 0 Å². The molecule has 1 aliphatic rings. The first-order chi connectivity index (χ1) is 9.54. The van der Waals surface area contributed by atoms with Gasteiger partial charge in [0, 0.05) is 13.3 Å². The summed E-state index contributed by atoms with van der Waals surface area (Å²) in [6, 6.07) is 0. The molecule has 1 aromatic rings. The third-order valence-corrected chi connectivity index (χ3v) is 2.86. The van der Waals surface area contributed by atoms with Crippen molar-refractivity contribution in [2.45, 2.75) is 5.31 Å². The molecule has 1 aliphatic heterocycles. The summed E-state index contributed by atoms with van der Waals surface area (Å²) in [6.07, 6.45) is 2.63. The van der Waals surface area contributed by atoms with Crippen LogP contribution in [-0.4, -0.2) is 42.3 Å². The Balaban J connectivity index is 2.59. The standard InChI is InChI=1S/C11H12ClFN4O3/c1-18-9-6(4-14-5-15-9)8-7(13)10(19-2)17-11(12,16-8)20-3/h4-5,17H,1-3H3. The summed E-state index contributed by atoms with van der Waals surface area (Å²) in [4.78, 5) is 11.7. The Labute approximate surface area is 119 Å². The molecule has 0 saturated carbocycles. The third kappa shape index (κ3) is 2.52. The van der Waals surface area contributed by atoms with Crippen molar-refractivity contribution in [2.24, 2.45) is 4.99 Å². The van der Waals surface area contributed by atoms with E-state index in [0.29, 0.717) is 0 Å². The van der Waals surface area contributed by atoms with Crippen LogP contribution in [0.1, 0.15) is 5.56 Å². The first kappa shape index (κ1) is 14.5. The molecule has 0 amide bonds. The van der Waals surface area contributed by atoms with Crippen molar-refractivity contribution in [3.63, 3.8) is 0 Å². The SMILES string of the molecule is COC1=C(F)C(c2cncnc2OC)=NC(Cl)(OC)N1. The maximum absolute atomic E-state index is 14.3. The normalized spacial score (nSPS) is 22.1. The van der Waals surface area contributed by atoms with E-state index in [9.17, 15) is 4.39 Å². The molecule has 1 aromatic heterocycles. The van der Waals surface area contributed by atoms with E-state index >= 15 is 0 Å². The van der Waals surface area contributed by atoms with E-state index in [-0.39, 0.29) is 23.0 Å². The van der Waals surface area contributed by atoms with Crippen molar-refractivity contribution in [1.82, 2.24) is 15.3 Å². The summed E-state index contributed by atoms with van der Waals surface area (Å²) < 4.78 is 29.3. The number of nitrogens with one attached hydrogen (secondary N) is 1. The fourth-order valence-corrected chi connectivity index (χ4v) is 1.75. The molecule has 108 valence electrons. The second kappa shape index (κ2) is 5.59. The number of methoxy groups -OCH3 is 3. The van der Waals surface area contributed by atoms with E-state index in [4.69, 9.17) is 25.8 Å². The molecule has 0 radical (unpaired) electrons. The predicted molar refractivity (Wildman–Crippen MR) is 69.0 cm³/mol. The number of allylic oxidation sites excluding steroid dienone is 1. The van der Waals surface area contributed by atoms with Gasteiger partial charge in [-0.3, -0.25) is 5.32 Å². The second-order valence-electron chi connectivity index (χ2n) is 3.64. The van der Waals surface area contributed by atoms with E-state index in [1.807, 2.05) is 0 Å². The van der Waals surface area contributed by atoms with Crippen LogP contribution in [0.15, 0.2) is 29.2 Å². The minimum Gasteiger partial charge on any atom is -0.480 e. The molecule has 1 atom stereocenters. The van der Waals surface area contributed by atoms with E-state index in [2.05, 4.69) is 20.3 Å². The highest BCUT2D eigenvalue weighted by Gasteiger charge is 2.37. The average Bonchev–Trinajstić information content (AvgIpc) is 2.49. The van der Waals surface area contributed by atoms with Gasteiger partial charge in [-0.1, -0.05) is 0 Å². The summed E-state index contributed by atoms with van der Waals surface area (Å²) >= 11 is 6.06. The zero-order valence-corrected chi connectivity index (χ0v) is 11.7. The van der Waals surface area contributed by atoms with Crippen LogP contribution < -0.4 is 10.1 Å². The van der Waals surface area contributed by atoms with Gasteiger partial charge in [-0.25, -0.2) is 15.0 Å². The second-order valence-corrected chi connectivity index (χ2v) is 4.16. The molecule has 0 fully saturated rings. The van der Waals surface area contributed by atoms with Gasteiger partial charge >= 0.3 is 5.31 Å². The Bertz CT molecular complexity index is 581. The number of aromatic nitrogens is 2. The van der Waals surface area contributed by atoms with Crippen LogP contribution in [-0.2, 0) is 9.47 Å². The van der Waals surface area contributed by atoms with Gasteiger partial charge < -0.3 is 14.2 Å². The fraction of sp³-hybridized carbons (Fsp3) is 0.364. The summed E-state index contributed by atoms with van der Waals surface area (Å²) in [6.45, 7) is 0. The van der Waals surface area contributed by atoms with Gasteiger partial charge in [-0.2, -0.15) is 4.39 Å². The fourth-order valence-electron chi connectivity index (χ4n) is 1.58. The number of alkyl halides is 1. The lowest BCUT2D eigenvalue weighted by Gasteiger charge is -2.29. The highest BCUT2D eigenvalue weighted by atomic mass is 35.5. The van der Waals surface area contributed by atoms with Gasteiger partial charge in [0.25, 0.3) is 0 Å². The summed E-state index contributed by atoms with van der Waals surface area (Å²) in [5, 5.41) is 0.789. The van der Waals surface area contributed by atoms with E-state index in [1.54, 1.807) is 0 Å². The highest BCUT2D eigenvalue weighted by molar-refractivity contribution is 6.25. The number of aliphatic imine (C=N–C) groups is 1. The number of rotatable bonds is 4. The molecule has 0 bridgehead atoms. The molecule has 0 spiro atoms. The van der Waals surface area contributed by atoms with Gasteiger partial charge in [-0.15, -0.1) is 0 Å². The van der Waals surface area contributed by atoms with Crippen molar-refractivity contribution in [2.75, 3.05) is 21.3 Å². The lowest BCUT2D eigenvalue weighted by atomic mass is 10.1. The topological polar surface area (TPSA) is 77.9 Å². The molecule has 1 unspecified atom stereocenters. The molecule has 2 heterocycles. The molecule has 7 nitrogen and oxygen atoms in total. The van der Waals surface area contributed by atoms with E-state index in [0.717, 1.165) is 0 Å².